The summed E-state index contributed by atoms with van der Waals surface area (Å²) in [4.78, 5) is 14.7. The van der Waals surface area contributed by atoms with Gasteiger partial charge in [-0.2, -0.15) is 0 Å². The maximum atomic E-state index is 12.1. The van der Waals surface area contributed by atoms with Crippen molar-refractivity contribution in [1.29, 1.82) is 0 Å². The lowest BCUT2D eigenvalue weighted by Crippen LogP contribution is -2.36. The normalized spacial score (nSPS) is 33.3. The highest BCUT2D eigenvalue weighted by atomic mass is 16.1. The van der Waals surface area contributed by atoms with Gasteiger partial charge in [0.25, 0.3) is 0 Å². The first-order valence-corrected chi connectivity index (χ1v) is 8.35. The van der Waals surface area contributed by atoms with Crippen LogP contribution in [0, 0.1) is 23.7 Å². The van der Waals surface area contributed by atoms with Gasteiger partial charge in [-0.15, -0.1) is 0 Å². The van der Waals surface area contributed by atoms with Crippen molar-refractivity contribution in [1.82, 2.24) is 4.90 Å². The molecule has 2 fully saturated rings. The van der Waals surface area contributed by atoms with E-state index in [1.54, 1.807) is 0 Å². The van der Waals surface area contributed by atoms with E-state index < -0.39 is 0 Å². The predicted molar refractivity (Wildman–Crippen MR) is 80.1 cm³/mol. The molecule has 0 spiro atoms. The van der Waals surface area contributed by atoms with Crippen molar-refractivity contribution in [3.05, 3.63) is 0 Å². The van der Waals surface area contributed by atoms with E-state index in [-0.39, 0.29) is 0 Å². The minimum Gasteiger partial charge on any atom is -0.302 e. The van der Waals surface area contributed by atoms with Gasteiger partial charge in [-0.3, -0.25) is 4.79 Å². The van der Waals surface area contributed by atoms with Crippen LogP contribution < -0.4 is 0 Å². The third-order valence-electron chi connectivity index (χ3n) is 5.29. The number of carbonyl (C=O) groups excluding carboxylic acids is 1. The fourth-order valence-electron chi connectivity index (χ4n) is 3.96. The van der Waals surface area contributed by atoms with E-state index in [4.69, 9.17) is 0 Å². The Bertz CT molecular complexity index is 300. The first-order chi connectivity index (χ1) is 9.10. The van der Waals surface area contributed by atoms with Gasteiger partial charge in [-0.1, -0.05) is 27.2 Å². The molecule has 0 N–H and O–H groups in total. The van der Waals surface area contributed by atoms with Crippen LogP contribution in [-0.4, -0.2) is 30.3 Å². The van der Waals surface area contributed by atoms with Crippen LogP contribution >= 0.6 is 0 Å². The summed E-state index contributed by atoms with van der Waals surface area (Å²) >= 11 is 0. The number of nitrogens with zero attached hydrogens (tertiary/aromatic N) is 1. The molecule has 0 aromatic rings. The molecule has 1 aliphatic heterocycles. The van der Waals surface area contributed by atoms with E-state index in [1.165, 1.54) is 32.4 Å². The molecule has 2 nitrogen and oxygen atoms in total. The zero-order chi connectivity index (χ0) is 13.8. The molecule has 1 heterocycles. The molecule has 2 rings (SSSR count). The number of likely N-dealkylation sites (tertiary alicyclic amines) is 1. The van der Waals surface area contributed by atoms with Crippen molar-refractivity contribution < 1.29 is 4.79 Å². The van der Waals surface area contributed by atoms with E-state index in [0.717, 1.165) is 43.6 Å². The fraction of sp³-hybridized carbons (Fsp3) is 0.941. The first-order valence-electron chi connectivity index (χ1n) is 8.35. The number of ketones is 1. The number of rotatable bonds is 5. The molecule has 0 aromatic carbocycles. The van der Waals surface area contributed by atoms with Gasteiger partial charge in [0, 0.05) is 25.4 Å². The summed E-state index contributed by atoms with van der Waals surface area (Å²) < 4.78 is 0. The second-order valence-electron chi connectivity index (χ2n) is 7.14. The van der Waals surface area contributed by atoms with Crippen molar-refractivity contribution in [2.24, 2.45) is 23.7 Å². The van der Waals surface area contributed by atoms with Gasteiger partial charge in [0.2, 0.25) is 0 Å². The van der Waals surface area contributed by atoms with Crippen LogP contribution in [0.5, 0.6) is 0 Å². The van der Waals surface area contributed by atoms with Crippen LogP contribution in [0.4, 0.5) is 0 Å². The van der Waals surface area contributed by atoms with E-state index in [0.29, 0.717) is 11.7 Å². The van der Waals surface area contributed by atoms with Crippen LogP contribution in [0.15, 0.2) is 0 Å². The highest BCUT2D eigenvalue weighted by Gasteiger charge is 2.33. The van der Waals surface area contributed by atoms with Crippen LogP contribution in [0.25, 0.3) is 0 Å². The number of Topliss-reactive ketones (excluding diaryl/α,β-unsaturated/α-hetero) is 1. The summed E-state index contributed by atoms with van der Waals surface area (Å²) in [6.45, 7) is 10.4. The Kier molecular flexibility index (Phi) is 5.44. The van der Waals surface area contributed by atoms with Crippen LogP contribution in [-0.2, 0) is 4.79 Å². The fourth-order valence-corrected chi connectivity index (χ4v) is 3.96. The SMILES string of the molecule is CCCC1CCN(CC2CC(C(C)C)CCC2=O)C1. The largest absolute Gasteiger partial charge is 0.302 e. The third-order valence-corrected chi connectivity index (χ3v) is 5.29. The standard InChI is InChI=1S/C17H31NO/c1-4-5-14-8-9-18(11-14)12-16-10-15(13(2)3)6-7-17(16)19/h13-16H,4-12H2,1-3H3. The molecule has 19 heavy (non-hydrogen) atoms. The summed E-state index contributed by atoms with van der Waals surface area (Å²) in [5, 5.41) is 0. The van der Waals surface area contributed by atoms with Gasteiger partial charge in [-0.05, 0) is 50.0 Å². The molecule has 0 aromatic heterocycles. The van der Waals surface area contributed by atoms with Crippen molar-refractivity contribution in [2.45, 2.75) is 59.3 Å². The average molecular weight is 265 g/mol. The van der Waals surface area contributed by atoms with E-state index in [2.05, 4.69) is 25.7 Å². The zero-order valence-electron chi connectivity index (χ0n) is 13.0. The second kappa shape index (κ2) is 6.88. The van der Waals surface area contributed by atoms with E-state index >= 15 is 0 Å². The molecular weight excluding hydrogens is 234 g/mol. The summed E-state index contributed by atoms with van der Waals surface area (Å²) in [7, 11) is 0. The Morgan fingerprint density at radius 1 is 1.32 bits per heavy atom. The van der Waals surface area contributed by atoms with Crippen LogP contribution in [0.2, 0.25) is 0 Å². The van der Waals surface area contributed by atoms with Crippen molar-refractivity contribution >= 4 is 5.78 Å². The summed E-state index contributed by atoms with van der Waals surface area (Å²) in [6, 6.07) is 0. The Hall–Kier alpha value is -0.370. The molecule has 2 heteroatoms. The molecule has 2 aliphatic rings. The molecule has 1 aliphatic carbocycles. The zero-order valence-corrected chi connectivity index (χ0v) is 13.0. The van der Waals surface area contributed by atoms with Crippen LogP contribution in [0.3, 0.4) is 0 Å². The van der Waals surface area contributed by atoms with E-state index in [1.807, 2.05) is 0 Å². The first kappa shape index (κ1) is 15.0. The van der Waals surface area contributed by atoms with Crippen molar-refractivity contribution in [3.63, 3.8) is 0 Å². The molecule has 1 saturated carbocycles. The van der Waals surface area contributed by atoms with Gasteiger partial charge in [0.15, 0.2) is 0 Å². The molecule has 1 saturated heterocycles. The average Bonchev–Trinajstić information content (AvgIpc) is 2.80. The Morgan fingerprint density at radius 2 is 2.11 bits per heavy atom. The van der Waals surface area contributed by atoms with Crippen LogP contribution in [0.1, 0.15) is 59.3 Å². The summed E-state index contributed by atoms with van der Waals surface area (Å²) in [6.07, 6.45) is 7.12. The Balaban J connectivity index is 1.82. The number of hydrogen-bond acceptors (Lipinski definition) is 2. The topological polar surface area (TPSA) is 20.3 Å². The van der Waals surface area contributed by atoms with Gasteiger partial charge in [-0.25, -0.2) is 0 Å². The lowest BCUT2D eigenvalue weighted by atomic mass is 9.75. The predicted octanol–water partition coefficient (Wildman–Crippen LogP) is 3.75. The summed E-state index contributed by atoms with van der Waals surface area (Å²) in [5.41, 5.74) is 0. The molecular formula is C17H31NO. The van der Waals surface area contributed by atoms with Gasteiger partial charge in [0.05, 0.1) is 0 Å². The van der Waals surface area contributed by atoms with Gasteiger partial charge in [0.1, 0.15) is 5.78 Å². The third kappa shape index (κ3) is 4.05. The molecule has 0 radical (unpaired) electrons. The maximum Gasteiger partial charge on any atom is 0.137 e. The molecule has 0 bridgehead atoms. The minimum atomic E-state index is 0.335. The highest BCUT2D eigenvalue weighted by Crippen LogP contribution is 2.33. The minimum absolute atomic E-state index is 0.335. The van der Waals surface area contributed by atoms with Crippen molar-refractivity contribution in [3.8, 4) is 0 Å². The van der Waals surface area contributed by atoms with E-state index in [9.17, 15) is 4.79 Å². The quantitative estimate of drug-likeness (QED) is 0.754. The lowest BCUT2D eigenvalue weighted by molar-refractivity contribution is -0.126. The number of hydrogen-bond donors (Lipinski definition) is 0. The molecule has 3 atom stereocenters. The smallest absolute Gasteiger partial charge is 0.137 e. The van der Waals surface area contributed by atoms with Crippen molar-refractivity contribution in [2.75, 3.05) is 19.6 Å². The maximum absolute atomic E-state index is 12.1. The second-order valence-corrected chi connectivity index (χ2v) is 7.14. The Labute approximate surface area is 118 Å². The van der Waals surface area contributed by atoms with Gasteiger partial charge < -0.3 is 4.90 Å². The lowest BCUT2D eigenvalue weighted by Gasteiger charge is -2.32. The molecule has 3 unspecified atom stereocenters. The van der Waals surface area contributed by atoms with Gasteiger partial charge >= 0.3 is 0 Å². The molecule has 110 valence electrons. The Morgan fingerprint density at radius 3 is 2.79 bits per heavy atom. The summed E-state index contributed by atoms with van der Waals surface area (Å²) in [5.74, 6) is 3.28. The number of carbonyl (C=O) groups is 1. The monoisotopic (exact) mass is 265 g/mol. The molecule has 0 amide bonds. The highest BCUT2D eigenvalue weighted by molar-refractivity contribution is 5.82.